The summed E-state index contributed by atoms with van der Waals surface area (Å²) in [4.78, 5) is 25.3. The Balaban J connectivity index is 2.37. The van der Waals surface area contributed by atoms with E-state index in [9.17, 15) is 9.59 Å². The fourth-order valence-electron chi connectivity index (χ4n) is 2.27. The second kappa shape index (κ2) is 4.90. The number of amides is 1. The van der Waals surface area contributed by atoms with Crippen molar-refractivity contribution in [1.29, 1.82) is 0 Å². The van der Waals surface area contributed by atoms with Crippen molar-refractivity contribution in [2.75, 3.05) is 18.1 Å². The monoisotopic (exact) mass is 247 g/mol. The number of ketones is 1. The number of hydrogen-bond donors (Lipinski definition) is 1. The van der Waals surface area contributed by atoms with Crippen molar-refractivity contribution >= 4 is 17.4 Å². The van der Waals surface area contributed by atoms with Gasteiger partial charge in [-0.15, -0.1) is 0 Å². The highest BCUT2D eigenvalue weighted by atomic mass is 16.3. The van der Waals surface area contributed by atoms with Crippen molar-refractivity contribution < 1.29 is 14.7 Å². The Labute approximate surface area is 106 Å². The highest BCUT2D eigenvalue weighted by Crippen LogP contribution is 2.34. The van der Waals surface area contributed by atoms with Crippen molar-refractivity contribution in [3.63, 3.8) is 0 Å². The lowest BCUT2D eigenvalue weighted by molar-refractivity contribution is -0.114. The van der Waals surface area contributed by atoms with E-state index in [2.05, 4.69) is 0 Å². The van der Waals surface area contributed by atoms with Gasteiger partial charge in [-0.3, -0.25) is 9.59 Å². The van der Waals surface area contributed by atoms with Gasteiger partial charge in [0.2, 0.25) is 0 Å². The van der Waals surface area contributed by atoms with Crippen LogP contribution in [0.3, 0.4) is 0 Å². The SMILES string of the molecule is Cc1ccc2c(c1C)N(CCCCO)C(=O)C2=O. The van der Waals surface area contributed by atoms with Crippen molar-refractivity contribution in [3.05, 3.63) is 28.8 Å². The second-order valence-corrected chi connectivity index (χ2v) is 4.62. The molecule has 1 aliphatic heterocycles. The molecule has 4 nitrogen and oxygen atoms in total. The molecule has 0 bridgehead atoms. The van der Waals surface area contributed by atoms with E-state index in [0.29, 0.717) is 24.9 Å². The summed E-state index contributed by atoms with van der Waals surface area (Å²) in [6, 6.07) is 3.60. The van der Waals surface area contributed by atoms with Crippen LogP contribution in [-0.2, 0) is 4.79 Å². The van der Waals surface area contributed by atoms with Gasteiger partial charge in [-0.25, -0.2) is 0 Å². The number of fused-ring (bicyclic) bond motifs is 1. The molecule has 4 heteroatoms. The van der Waals surface area contributed by atoms with Gasteiger partial charge in [0.25, 0.3) is 11.7 Å². The number of benzene rings is 1. The molecule has 0 atom stereocenters. The first-order valence-corrected chi connectivity index (χ1v) is 6.15. The molecule has 1 heterocycles. The van der Waals surface area contributed by atoms with E-state index in [1.165, 1.54) is 0 Å². The highest BCUT2D eigenvalue weighted by Gasteiger charge is 2.36. The minimum atomic E-state index is -0.448. The van der Waals surface area contributed by atoms with E-state index in [1.807, 2.05) is 19.9 Å². The molecule has 2 rings (SSSR count). The Morgan fingerprint density at radius 1 is 1.17 bits per heavy atom. The lowest BCUT2D eigenvalue weighted by Crippen LogP contribution is -2.31. The van der Waals surface area contributed by atoms with E-state index in [1.54, 1.807) is 11.0 Å². The summed E-state index contributed by atoms with van der Waals surface area (Å²) in [5, 5.41) is 8.78. The number of aliphatic hydroxyl groups is 1. The second-order valence-electron chi connectivity index (χ2n) is 4.62. The van der Waals surface area contributed by atoms with E-state index >= 15 is 0 Å². The molecule has 0 fully saturated rings. The fourth-order valence-corrected chi connectivity index (χ4v) is 2.27. The summed E-state index contributed by atoms with van der Waals surface area (Å²) in [5.41, 5.74) is 3.31. The zero-order valence-electron chi connectivity index (χ0n) is 10.7. The van der Waals surface area contributed by atoms with Gasteiger partial charge in [0.05, 0.1) is 11.3 Å². The number of unbranched alkanes of at least 4 members (excludes halogenated alkanes) is 1. The van der Waals surface area contributed by atoms with Crippen LogP contribution in [0, 0.1) is 13.8 Å². The molecule has 1 N–H and O–H groups in total. The zero-order valence-corrected chi connectivity index (χ0v) is 10.7. The summed E-state index contributed by atoms with van der Waals surface area (Å²) in [7, 11) is 0. The predicted octanol–water partition coefficient (Wildman–Crippen LogP) is 1.61. The molecule has 1 aromatic rings. The minimum Gasteiger partial charge on any atom is -0.396 e. The van der Waals surface area contributed by atoms with E-state index in [-0.39, 0.29) is 6.61 Å². The van der Waals surface area contributed by atoms with Gasteiger partial charge >= 0.3 is 0 Å². The number of carbonyl (C=O) groups excluding carboxylic acids is 2. The van der Waals surface area contributed by atoms with Crippen molar-refractivity contribution in [3.8, 4) is 0 Å². The van der Waals surface area contributed by atoms with Gasteiger partial charge in [-0.1, -0.05) is 6.07 Å². The summed E-state index contributed by atoms with van der Waals surface area (Å²) in [6.45, 7) is 4.49. The number of rotatable bonds is 4. The molecule has 96 valence electrons. The third-order valence-electron chi connectivity index (χ3n) is 3.45. The number of carbonyl (C=O) groups is 2. The molecular formula is C14H17NO3. The maximum absolute atomic E-state index is 11.9. The third-order valence-corrected chi connectivity index (χ3v) is 3.45. The maximum atomic E-state index is 11.9. The number of nitrogens with zero attached hydrogens (tertiary/aromatic N) is 1. The zero-order chi connectivity index (χ0) is 13.3. The lowest BCUT2D eigenvalue weighted by atomic mass is 10.0. The normalized spacial score (nSPS) is 14.3. The number of anilines is 1. The third kappa shape index (κ3) is 1.93. The average Bonchev–Trinajstić information content (AvgIpc) is 2.60. The molecule has 0 aromatic heterocycles. The van der Waals surface area contributed by atoms with Gasteiger partial charge in [0, 0.05) is 13.2 Å². The van der Waals surface area contributed by atoms with Crippen LogP contribution in [0.2, 0.25) is 0 Å². The Morgan fingerprint density at radius 2 is 1.89 bits per heavy atom. The lowest BCUT2D eigenvalue weighted by Gasteiger charge is -2.19. The quantitative estimate of drug-likeness (QED) is 0.649. The number of Topliss-reactive ketones (excluding diaryl/α,β-unsaturated/α-hetero) is 1. The Morgan fingerprint density at radius 3 is 2.56 bits per heavy atom. The standard InChI is InChI=1S/C14H17NO3/c1-9-5-6-11-12(10(9)2)15(7-3-4-8-16)14(18)13(11)17/h5-6,16H,3-4,7-8H2,1-2H3. The van der Waals surface area contributed by atoms with Crippen LogP contribution in [-0.4, -0.2) is 29.9 Å². The first-order chi connectivity index (χ1) is 8.57. The average molecular weight is 247 g/mol. The largest absolute Gasteiger partial charge is 0.396 e. The first kappa shape index (κ1) is 12.8. The summed E-state index contributed by atoms with van der Waals surface area (Å²) < 4.78 is 0. The van der Waals surface area contributed by atoms with Crippen LogP contribution in [0.1, 0.15) is 34.3 Å². The van der Waals surface area contributed by atoms with Crippen molar-refractivity contribution in [2.24, 2.45) is 0 Å². The molecule has 0 radical (unpaired) electrons. The molecule has 1 amide bonds. The predicted molar refractivity (Wildman–Crippen MR) is 68.9 cm³/mol. The fraction of sp³-hybridized carbons (Fsp3) is 0.429. The molecule has 0 aliphatic carbocycles. The molecule has 18 heavy (non-hydrogen) atoms. The molecular weight excluding hydrogens is 230 g/mol. The van der Waals surface area contributed by atoms with Gasteiger partial charge in [-0.2, -0.15) is 0 Å². The van der Waals surface area contributed by atoms with Crippen LogP contribution < -0.4 is 4.90 Å². The Kier molecular flexibility index (Phi) is 3.48. The summed E-state index contributed by atoms with van der Waals surface area (Å²) in [5.74, 6) is -0.867. The molecule has 1 aromatic carbocycles. The summed E-state index contributed by atoms with van der Waals surface area (Å²) in [6.07, 6.45) is 1.33. The van der Waals surface area contributed by atoms with Gasteiger partial charge in [0.15, 0.2) is 0 Å². The Bertz CT molecular complexity index is 508. The summed E-state index contributed by atoms with van der Waals surface area (Å²) >= 11 is 0. The van der Waals surface area contributed by atoms with Gasteiger partial charge in [0.1, 0.15) is 0 Å². The smallest absolute Gasteiger partial charge is 0.299 e. The molecule has 0 unspecified atom stereocenters. The van der Waals surface area contributed by atoms with Crippen molar-refractivity contribution in [1.82, 2.24) is 0 Å². The van der Waals surface area contributed by atoms with Crippen LogP contribution >= 0.6 is 0 Å². The minimum absolute atomic E-state index is 0.107. The molecule has 0 spiro atoms. The Hall–Kier alpha value is -1.68. The van der Waals surface area contributed by atoms with Crippen LogP contribution in [0.15, 0.2) is 12.1 Å². The van der Waals surface area contributed by atoms with Gasteiger partial charge < -0.3 is 10.0 Å². The topological polar surface area (TPSA) is 57.6 Å². The first-order valence-electron chi connectivity index (χ1n) is 6.15. The molecule has 1 aliphatic rings. The van der Waals surface area contributed by atoms with Crippen molar-refractivity contribution in [2.45, 2.75) is 26.7 Å². The van der Waals surface area contributed by atoms with Crippen LogP contribution in [0.25, 0.3) is 0 Å². The number of aryl methyl sites for hydroxylation is 1. The number of aliphatic hydroxyl groups excluding tert-OH is 1. The van der Waals surface area contributed by atoms with E-state index in [0.717, 1.165) is 16.8 Å². The number of hydrogen-bond acceptors (Lipinski definition) is 3. The van der Waals surface area contributed by atoms with Crippen LogP contribution in [0.4, 0.5) is 5.69 Å². The highest BCUT2D eigenvalue weighted by molar-refractivity contribution is 6.52. The maximum Gasteiger partial charge on any atom is 0.299 e. The molecule has 0 saturated heterocycles. The molecule has 0 saturated carbocycles. The van der Waals surface area contributed by atoms with Crippen LogP contribution in [0.5, 0.6) is 0 Å². The van der Waals surface area contributed by atoms with E-state index in [4.69, 9.17) is 5.11 Å². The van der Waals surface area contributed by atoms with E-state index < -0.39 is 11.7 Å². The van der Waals surface area contributed by atoms with Gasteiger partial charge in [-0.05, 0) is 43.9 Å².